The fourth-order valence-corrected chi connectivity index (χ4v) is 5.07. The molecule has 0 bridgehead atoms. The summed E-state index contributed by atoms with van der Waals surface area (Å²) in [6.07, 6.45) is 6.06. The number of piperidine rings is 1. The van der Waals surface area contributed by atoms with Crippen molar-refractivity contribution in [1.82, 2.24) is 30.2 Å². The van der Waals surface area contributed by atoms with Crippen LogP contribution in [0.5, 0.6) is 0 Å². The van der Waals surface area contributed by atoms with Crippen molar-refractivity contribution in [3.8, 4) is 11.3 Å². The monoisotopic (exact) mass is 466 g/mol. The lowest BCUT2D eigenvalue weighted by Crippen LogP contribution is -2.52. The van der Waals surface area contributed by atoms with E-state index in [1.54, 1.807) is 17.2 Å². The molecule has 1 saturated heterocycles. The first kappa shape index (κ1) is 21.2. The van der Waals surface area contributed by atoms with E-state index in [0.29, 0.717) is 17.7 Å². The largest absolute Gasteiger partial charge is 0.322 e. The van der Waals surface area contributed by atoms with Crippen LogP contribution < -0.4 is 5.32 Å². The van der Waals surface area contributed by atoms with E-state index >= 15 is 0 Å². The van der Waals surface area contributed by atoms with Crippen LogP contribution in [-0.2, 0) is 16.1 Å². The molecule has 2 aliphatic rings. The van der Waals surface area contributed by atoms with Crippen molar-refractivity contribution >= 4 is 28.5 Å². The van der Waals surface area contributed by atoms with Crippen LogP contribution in [-0.4, -0.2) is 48.6 Å². The molecule has 1 N–H and O–H groups in total. The second-order valence-corrected chi connectivity index (χ2v) is 8.94. The minimum absolute atomic E-state index is 0.0688. The molecular formula is C26H22N6O3. The summed E-state index contributed by atoms with van der Waals surface area (Å²) < 4.78 is 1.82. The van der Waals surface area contributed by atoms with Gasteiger partial charge in [0.2, 0.25) is 11.8 Å². The second-order valence-electron chi connectivity index (χ2n) is 8.94. The molecule has 2 atom stereocenters. The van der Waals surface area contributed by atoms with Gasteiger partial charge in [-0.05, 0) is 42.0 Å². The number of aromatic nitrogens is 4. The fraction of sp³-hybridized carbons (Fsp3) is 0.231. The minimum Gasteiger partial charge on any atom is -0.322 e. The molecule has 0 radical (unpaired) electrons. The molecule has 3 amide bonds. The Bertz CT molecular complexity index is 1500. The van der Waals surface area contributed by atoms with E-state index in [0.717, 1.165) is 27.5 Å². The van der Waals surface area contributed by atoms with E-state index in [9.17, 15) is 14.4 Å². The Hall–Kier alpha value is -4.40. The summed E-state index contributed by atoms with van der Waals surface area (Å²) >= 11 is 0. The number of pyridine rings is 1. The third-order valence-electron chi connectivity index (χ3n) is 6.93. The summed E-state index contributed by atoms with van der Waals surface area (Å²) in [6, 6.07) is 12.9. The summed E-state index contributed by atoms with van der Waals surface area (Å²) in [4.78, 5) is 42.8. The van der Waals surface area contributed by atoms with Crippen molar-refractivity contribution in [1.29, 1.82) is 0 Å². The van der Waals surface area contributed by atoms with E-state index in [2.05, 4.69) is 33.6 Å². The SMILES string of the molecule is C[C@@H](c1cccc2cnccc12)n1cc(-c2cccc3c2CN(C2CCC(=O)NC2=O)C3=O)nn1. The number of hydrogen-bond acceptors (Lipinski definition) is 6. The number of carbonyl (C=O) groups is 3. The smallest absolute Gasteiger partial charge is 0.255 e. The summed E-state index contributed by atoms with van der Waals surface area (Å²) in [6.45, 7) is 2.35. The van der Waals surface area contributed by atoms with Crippen LogP contribution in [0.4, 0.5) is 0 Å². The molecule has 6 rings (SSSR count). The van der Waals surface area contributed by atoms with E-state index in [-0.39, 0.29) is 30.8 Å². The van der Waals surface area contributed by atoms with Gasteiger partial charge >= 0.3 is 0 Å². The Labute approximate surface area is 200 Å². The number of fused-ring (bicyclic) bond motifs is 2. The quantitative estimate of drug-likeness (QED) is 0.463. The maximum absolute atomic E-state index is 13.1. The Kier molecular flexibility index (Phi) is 4.91. The molecule has 0 saturated carbocycles. The van der Waals surface area contributed by atoms with Crippen molar-refractivity contribution in [2.45, 2.75) is 38.4 Å². The van der Waals surface area contributed by atoms with Gasteiger partial charge in [-0.15, -0.1) is 5.10 Å². The van der Waals surface area contributed by atoms with Crippen LogP contribution in [0.1, 0.15) is 47.3 Å². The molecule has 1 fully saturated rings. The number of rotatable bonds is 4. The lowest BCUT2D eigenvalue weighted by Gasteiger charge is -2.29. The molecule has 2 aliphatic heterocycles. The lowest BCUT2D eigenvalue weighted by atomic mass is 10.0. The first-order valence-electron chi connectivity index (χ1n) is 11.5. The summed E-state index contributed by atoms with van der Waals surface area (Å²) in [5.41, 5.74) is 3.95. The molecule has 4 aromatic rings. The highest BCUT2D eigenvalue weighted by Crippen LogP contribution is 2.34. The topological polar surface area (TPSA) is 110 Å². The zero-order valence-corrected chi connectivity index (χ0v) is 19.0. The van der Waals surface area contributed by atoms with Gasteiger partial charge < -0.3 is 4.90 Å². The maximum atomic E-state index is 13.1. The van der Waals surface area contributed by atoms with Crippen molar-refractivity contribution in [2.75, 3.05) is 0 Å². The highest BCUT2D eigenvalue weighted by atomic mass is 16.2. The van der Waals surface area contributed by atoms with Gasteiger partial charge in [0.1, 0.15) is 11.7 Å². The third kappa shape index (κ3) is 3.47. The summed E-state index contributed by atoms with van der Waals surface area (Å²) in [5.74, 6) is -0.931. The van der Waals surface area contributed by atoms with E-state index < -0.39 is 11.9 Å². The normalized spacial score (nSPS) is 18.6. The van der Waals surface area contributed by atoms with Gasteiger partial charge in [0.25, 0.3) is 5.91 Å². The average Bonchev–Trinajstić information content (AvgIpc) is 3.49. The molecule has 9 nitrogen and oxygen atoms in total. The van der Waals surface area contributed by atoms with E-state index in [4.69, 9.17) is 0 Å². The fourth-order valence-electron chi connectivity index (χ4n) is 5.07. The molecule has 4 heterocycles. The van der Waals surface area contributed by atoms with Crippen LogP contribution in [0.15, 0.2) is 61.1 Å². The van der Waals surface area contributed by atoms with Crippen LogP contribution in [0.3, 0.4) is 0 Å². The van der Waals surface area contributed by atoms with Crippen molar-refractivity contribution in [3.63, 3.8) is 0 Å². The van der Waals surface area contributed by atoms with Crippen molar-refractivity contribution in [2.24, 2.45) is 0 Å². The third-order valence-corrected chi connectivity index (χ3v) is 6.93. The summed E-state index contributed by atoms with van der Waals surface area (Å²) in [7, 11) is 0. The molecule has 2 aromatic carbocycles. The van der Waals surface area contributed by atoms with Gasteiger partial charge in [-0.3, -0.25) is 24.7 Å². The van der Waals surface area contributed by atoms with Gasteiger partial charge in [0.15, 0.2) is 0 Å². The van der Waals surface area contributed by atoms with Gasteiger partial charge in [0.05, 0.1) is 12.2 Å². The Morgan fingerprint density at radius 3 is 2.74 bits per heavy atom. The van der Waals surface area contributed by atoms with Crippen molar-refractivity contribution < 1.29 is 14.4 Å². The first-order chi connectivity index (χ1) is 17.0. The lowest BCUT2D eigenvalue weighted by molar-refractivity contribution is -0.136. The Balaban J connectivity index is 1.32. The van der Waals surface area contributed by atoms with Gasteiger partial charge in [-0.1, -0.05) is 35.5 Å². The van der Waals surface area contributed by atoms with E-state index in [1.165, 1.54) is 0 Å². The highest BCUT2D eigenvalue weighted by molar-refractivity contribution is 6.06. The number of nitrogens with zero attached hydrogens (tertiary/aromatic N) is 5. The summed E-state index contributed by atoms with van der Waals surface area (Å²) in [5, 5.41) is 13.3. The second kappa shape index (κ2) is 8.12. The molecular weight excluding hydrogens is 444 g/mol. The minimum atomic E-state index is -0.656. The zero-order chi connectivity index (χ0) is 24.1. The number of nitrogens with one attached hydrogen (secondary N) is 1. The highest BCUT2D eigenvalue weighted by Gasteiger charge is 2.40. The number of amides is 3. The molecule has 35 heavy (non-hydrogen) atoms. The van der Waals surface area contributed by atoms with Gasteiger partial charge in [-0.25, -0.2) is 4.68 Å². The molecule has 0 aliphatic carbocycles. The standard InChI is InChI=1S/C26H22N6O3/c1-15(17-5-2-4-16-12-27-11-10-18(16)17)32-14-22(29-30-32)19-6-3-7-20-21(19)13-31(26(20)35)23-8-9-24(33)28-25(23)34/h2-7,10-12,14-15,23H,8-9,13H2,1H3,(H,28,33,34)/t15-,23?/m0/s1. The Morgan fingerprint density at radius 1 is 1.06 bits per heavy atom. The predicted molar refractivity (Wildman–Crippen MR) is 127 cm³/mol. The molecule has 1 unspecified atom stereocenters. The number of imide groups is 1. The van der Waals surface area contributed by atoms with E-state index in [1.807, 2.05) is 47.4 Å². The van der Waals surface area contributed by atoms with Crippen molar-refractivity contribution in [3.05, 3.63) is 77.7 Å². The predicted octanol–water partition coefficient (Wildman–Crippen LogP) is 2.86. The molecule has 9 heteroatoms. The van der Waals surface area contributed by atoms with Crippen LogP contribution in [0, 0.1) is 0 Å². The molecule has 2 aromatic heterocycles. The Morgan fingerprint density at radius 2 is 1.89 bits per heavy atom. The zero-order valence-electron chi connectivity index (χ0n) is 19.0. The number of carbonyl (C=O) groups excluding carboxylic acids is 3. The van der Waals surface area contributed by atoms with Crippen LogP contribution in [0.2, 0.25) is 0 Å². The van der Waals surface area contributed by atoms with Crippen LogP contribution in [0.25, 0.3) is 22.0 Å². The maximum Gasteiger partial charge on any atom is 0.255 e. The van der Waals surface area contributed by atoms with Crippen LogP contribution >= 0.6 is 0 Å². The number of hydrogen-bond donors (Lipinski definition) is 1. The number of benzene rings is 2. The van der Waals surface area contributed by atoms with Gasteiger partial charge in [0, 0.05) is 41.9 Å². The average molecular weight is 467 g/mol. The van der Waals surface area contributed by atoms with Gasteiger partial charge in [-0.2, -0.15) is 0 Å². The first-order valence-corrected chi connectivity index (χ1v) is 11.5. The molecule has 0 spiro atoms. The molecule has 174 valence electrons.